The van der Waals surface area contributed by atoms with Crippen molar-refractivity contribution in [3.05, 3.63) is 0 Å². The van der Waals surface area contributed by atoms with Crippen LogP contribution in [0.3, 0.4) is 0 Å². The summed E-state index contributed by atoms with van der Waals surface area (Å²) in [6.07, 6.45) is 5.36. The number of rotatable bonds is 4. The van der Waals surface area contributed by atoms with Gasteiger partial charge in [0.25, 0.3) is 0 Å². The molecule has 14 heavy (non-hydrogen) atoms. The van der Waals surface area contributed by atoms with Gasteiger partial charge in [-0.3, -0.25) is 0 Å². The summed E-state index contributed by atoms with van der Waals surface area (Å²) in [7, 11) is 0. The summed E-state index contributed by atoms with van der Waals surface area (Å²) >= 11 is 2.11. The molecule has 0 aromatic carbocycles. The molecule has 0 aromatic heterocycles. The van der Waals surface area contributed by atoms with E-state index in [0.29, 0.717) is 6.04 Å². The molecule has 84 valence electrons. The molecule has 0 aliphatic heterocycles. The van der Waals surface area contributed by atoms with Gasteiger partial charge in [-0.05, 0) is 37.5 Å². The molecule has 0 amide bonds. The molecule has 1 nitrogen and oxygen atoms in total. The smallest absolute Gasteiger partial charge is 0.0127 e. The molecule has 0 heterocycles. The van der Waals surface area contributed by atoms with E-state index in [9.17, 15) is 0 Å². The van der Waals surface area contributed by atoms with E-state index in [4.69, 9.17) is 5.73 Å². The van der Waals surface area contributed by atoms with Crippen molar-refractivity contribution in [3.63, 3.8) is 0 Å². The maximum Gasteiger partial charge on any atom is 0.0127 e. The third-order valence-corrected chi connectivity index (χ3v) is 4.68. The fourth-order valence-corrected chi connectivity index (χ4v) is 4.07. The summed E-state index contributed by atoms with van der Waals surface area (Å²) in [4.78, 5) is 0. The van der Waals surface area contributed by atoms with E-state index in [0.717, 1.165) is 29.3 Å². The Bertz CT molecular complexity index is 150. The second kappa shape index (κ2) is 6.02. The molecule has 1 aliphatic rings. The highest BCUT2D eigenvalue weighted by molar-refractivity contribution is 7.99. The molecule has 1 aliphatic carbocycles. The topological polar surface area (TPSA) is 26.0 Å². The summed E-state index contributed by atoms with van der Waals surface area (Å²) < 4.78 is 0. The van der Waals surface area contributed by atoms with Crippen LogP contribution in [0.5, 0.6) is 0 Å². The first-order chi connectivity index (χ1) is 6.61. The lowest BCUT2D eigenvalue weighted by Gasteiger charge is -2.31. The Balaban J connectivity index is 2.23. The number of hydrogen-bond donors (Lipinski definition) is 1. The van der Waals surface area contributed by atoms with Crippen LogP contribution in [-0.4, -0.2) is 17.0 Å². The zero-order valence-electron chi connectivity index (χ0n) is 9.83. The van der Waals surface area contributed by atoms with Crippen LogP contribution in [0.15, 0.2) is 0 Å². The van der Waals surface area contributed by atoms with Crippen molar-refractivity contribution < 1.29 is 0 Å². The fourth-order valence-electron chi connectivity index (χ4n) is 2.39. The molecule has 0 radical (unpaired) electrons. The van der Waals surface area contributed by atoms with E-state index in [2.05, 4.69) is 32.5 Å². The second-order valence-corrected chi connectivity index (χ2v) is 6.37. The Kier molecular flexibility index (Phi) is 5.32. The molecule has 1 fully saturated rings. The van der Waals surface area contributed by atoms with Crippen LogP contribution in [0.4, 0.5) is 0 Å². The zero-order chi connectivity index (χ0) is 10.6. The van der Waals surface area contributed by atoms with Gasteiger partial charge in [0.2, 0.25) is 0 Å². The number of nitrogens with two attached hydrogens (primary N) is 1. The summed E-state index contributed by atoms with van der Waals surface area (Å²) in [6, 6.07) is 0.410. The minimum atomic E-state index is 0.410. The summed E-state index contributed by atoms with van der Waals surface area (Å²) in [6.45, 7) is 6.96. The van der Waals surface area contributed by atoms with Crippen molar-refractivity contribution in [1.29, 1.82) is 0 Å². The Labute approximate surface area is 93.2 Å². The summed E-state index contributed by atoms with van der Waals surface area (Å²) in [5.74, 6) is 3.00. The number of thioether (sulfide) groups is 1. The molecule has 0 spiro atoms. The third-order valence-electron chi connectivity index (χ3n) is 3.21. The standard InChI is InChI=1S/C12H25NS/c1-4-11(13)8-14-12-6-9(2)5-10(3)7-12/h9-12H,4-8,13H2,1-3H3. The van der Waals surface area contributed by atoms with Crippen molar-refractivity contribution in [3.8, 4) is 0 Å². The van der Waals surface area contributed by atoms with Crippen LogP contribution < -0.4 is 5.73 Å². The van der Waals surface area contributed by atoms with Crippen molar-refractivity contribution >= 4 is 11.8 Å². The lowest BCUT2D eigenvalue weighted by Crippen LogP contribution is -2.26. The molecule has 3 atom stereocenters. The van der Waals surface area contributed by atoms with Crippen LogP contribution in [0.2, 0.25) is 0 Å². The van der Waals surface area contributed by atoms with Crippen LogP contribution in [0.1, 0.15) is 46.5 Å². The van der Waals surface area contributed by atoms with Gasteiger partial charge < -0.3 is 5.73 Å². The predicted octanol–water partition coefficient (Wildman–Crippen LogP) is 3.28. The van der Waals surface area contributed by atoms with E-state index in [1.165, 1.54) is 19.3 Å². The van der Waals surface area contributed by atoms with Crippen LogP contribution in [0.25, 0.3) is 0 Å². The molecule has 1 rings (SSSR count). The van der Waals surface area contributed by atoms with Gasteiger partial charge in [0, 0.05) is 17.0 Å². The van der Waals surface area contributed by atoms with Crippen LogP contribution in [0, 0.1) is 11.8 Å². The van der Waals surface area contributed by atoms with Gasteiger partial charge in [-0.15, -0.1) is 0 Å². The van der Waals surface area contributed by atoms with Crippen LogP contribution in [-0.2, 0) is 0 Å². The largest absolute Gasteiger partial charge is 0.327 e. The molecular formula is C12H25NS. The zero-order valence-corrected chi connectivity index (χ0v) is 10.6. The first-order valence-electron chi connectivity index (χ1n) is 5.99. The van der Waals surface area contributed by atoms with Crippen molar-refractivity contribution in [2.24, 2.45) is 17.6 Å². The van der Waals surface area contributed by atoms with Gasteiger partial charge in [0.1, 0.15) is 0 Å². The molecular weight excluding hydrogens is 190 g/mol. The molecule has 0 saturated heterocycles. The van der Waals surface area contributed by atoms with Gasteiger partial charge in [-0.25, -0.2) is 0 Å². The van der Waals surface area contributed by atoms with Crippen LogP contribution >= 0.6 is 11.8 Å². The highest BCUT2D eigenvalue weighted by atomic mass is 32.2. The van der Waals surface area contributed by atoms with Gasteiger partial charge in [-0.1, -0.05) is 20.8 Å². The second-order valence-electron chi connectivity index (χ2n) is 5.04. The van der Waals surface area contributed by atoms with E-state index in [1.54, 1.807) is 0 Å². The monoisotopic (exact) mass is 215 g/mol. The maximum absolute atomic E-state index is 5.94. The molecule has 0 aromatic rings. The fraction of sp³-hybridized carbons (Fsp3) is 1.00. The predicted molar refractivity (Wildman–Crippen MR) is 66.7 cm³/mol. The highest BCUT2D eigenvalue weighted by Gasteiger charge is 2.24. The normalized spacial score (nSPS) is 35.6. The van der Waals surface area contributed by atoms with Gasteiger partial charge >= 0.3 is 0 Å². The van der Waals surface area contributed by atoms with E-state index in [-0.39, 0.29) is 0 Å². The molecule has 3 unspecified atom stereocenters. The summed E-state index contributed by atoms with van der Waals surface area (Å²) in [5.41, 5.74) is 5.94. The first-order valence-corrected chi connectivity index (χ1v) is 7.03. The molecule has 0 bridgehead atoms. The Morgan fingerprint density at radius 1 is 1.21 bits per heavy atom. The Hall–Kier alpha value is 0.310. The minimum Gasteiger partial charge on any atom is -0.327 e. The average Bonchev–Trinajstić information content (AvgIpc) is 2.12. The van der Waals surface area contributed by atoms with Gasteiger partial charge in [0.15, 0.2) is 0 Å². The molecule has 1 saturated carbocycles. The van der Waals surface area contributed by atoms with Crippen molar-refractivity contribution in [1.82, 2.24) is 0 Å². The van der Waals surface area contributed by atoms with Gasteiger partial charge in [0.05, 0.1) is 0 Å². The third kappa shape index (κ3) is 4.22. The summed E-state index contributed by atoms with van der Waals surface area (Å²) in [5, 5.41) is 0.881. The lowest BCUT2D eigenvalue weighted by molar-refractivity contribution is 0.308. The Morgan fingerprint density at radius 2 is 1.79 bits per heavy atom. The quantitative estimate of drug-likeness (QED) is 0.779. The van der Waals surface area contributed by atoms with E-state index in [1.807, 2.05) is 0 Å². The van der Waals surface area contributed by atoms with E-state index < -0.39 is 0 Å². The highest BCUT2D eigenvalue weighted by Crippen LogP contribution is 2.35. The molecule has 2 heteroatoms. The van der Waals surface area contributed by atoms with Crippen molar-refractivity contribution in [2.75, 3.05) is 5.75 Å². The Morgan fingerprint density at radius 3 is 2.29 bits per heavy atom. The SMILES string of the molecule is CCC(N)CSC1CC(C)CC(C)C1. The lowest BCUT2D eigenvalue weighted by atomic mass is 9.83. The molecule has 2 N–H and O–H groups in total. The number of hydrogen-bond acceptors (Lipinski definition) is 2. The first kappa shape index (κ1) is 12.4. The van der Waals surface area contributed by atoms with E-state index >= 15 is 0 Å². The van der Waals surface area contributed by atoms with Gasteiger partial charge in [-0.2, -0.15) is 11.8 Å². The maximum atomic E-state index is 5.94. The minimum absolute atomic E-state index is 0.410. The average molecular weight is 215 g/mol. The van der Waals surface area contributed by atoms with Crippen molar-refractivity contribution in [2.45, 2.75) is 57.7 Å².